The van der Waals surface area contributed by atoms with E-state index in [9.17, 15) is 0 Å². The molecule has 6 nitrogen and oxygen atoms in total. The number of likely N-dealkylation sites (tertiary alicyclic amines) is 1. The predicted octanol–water partition coefficient (Wildman–Crippen LogP) is 1.28. The van der Waals surface area contributed by atoms with E-state index in [0.29, 0.717) is 18.2 Å². The lowest BCUT2D eigenvalue weighted by atomic mass is 10.00. The van der Waals surface area contributed by atoms with Crippen LogP contribution in [0.1, 0.15) is 47.0 Å². The summed E-state index contributed by atoms with van der Waals surface area (Å²) in [6, 6.07) is 1.39. The second kappa shape index (κ2) is 7.80. The molecule has 0 spiro atoms. The molecule has 2 N–H and O–H groups in total. The Bertz CT molecular complexity index is 466. The van der Waals surface area contributed by atoms with Crippen LogP contribution in [0.4, 0.5) is 0 Å². The molecule has 6 heteroatoms. The second-order valence-corrected chi connectivity index (χ2v) is 8.76. The van der Waals surface area contributed by atoms with Crippen molar-refractivity contribution in [3.8, 4) is 0 Å². The van der Waals surface area contributed by atoms with E-state index in [4.69, 9.17) is 4.74 Å². The van der Waals surface area contributed by atoms with E-state index in [1.165, 1.54) is 25.8 Å². The van der Waals surface area contributed by atoms with E-state index in [1.807, 2.05) is 7.05 Å². The van der Waals surface area contributed by atoms with E-state index >= 15 is 0 Å². The minimum Gasteiger partial charge on any atom is -0.373 e. The molecule has 2 saturated heterocycles. The molecular formula is C19H37N5O. The molecule has 25 heavy (non-hydrogen) atoms. The molecule has 0 amide bonds. The van der Waals surface area contributed by atoms with Crippen LogP contribution in [-0.4, -0.2) is 85.4 Å². The molecule has 3 aliphatic rings. The highest BCUT2D eigenvalue weighted by Crippen LogP contribution is 2.29. The summed E-state index contributed by atoms with van der Waals surface area (Å²) in [7, 11) is 1.87. The topological polar surface area (TPSA) is 52.1 Å². The molecule has 3 fully saturated rings. The predicted molar refractivity (Wildman–Crippen MR) is 103 cm³/mol. The van der Waals surface area contributed by atoms with Crippen molar-refractivity contribution in [2.24, 2.45) is 4.99 Å². The van der Waals surface area contributed by atoms with Crippen molar-refractivity contribution in [1.82, 2.24) is 20.4 Å². The fraction of sp³-hybridized carbons (Fsp3) is 0.947. The first-order valence-corrected chi connectivity index (χ1v) is 9.99. The van der Waals surface area contributed by atoms with Gasteiger partial charge in [0.15, 0.2) is 5.96 Å². The number of morpholine rings is 1. The lowest BCUT2D eigenvalue weighted by molar-refractivity contribution is -0.0946. The van der Waals surface area contributed by atoms with Crippen LogP contribution < -0.4 is 10.6 Å². The maximum Gasteiger partial charge on any atom is 0.191 e. The molecular weight excluding hydrogens is 314 g/mol. The van der Waals surface area contributed by atoms with Gasteiger partial charge in [-0.25, -0.2) is 0 Å². The van der Waals surface area contributed by atoms with Gasteiger partial charge >= 0.3 is 0 Å². The highest BCUT2D eigenvalue weighted by molar-refractivity contribution is 5.80. The normalized spacial score (nSPS) is 32.8. The molecule has 3 atom stereocenters. The summed E-state index contributed by atoms with van der Waals surface area (Å²) in [6.45, 7) is 14.2. The zero-order valence-electron chi connectivity index (χ0n) is 16.7. The summed E-state index contributed by atoms with van der Waals surface area (Å²) in [6.07, 6.45) is 4.60. The van der Waals surface area contributed by atoms with E-state index in [0.717, 1.165) is 38.2 Å². The Kier molecular flexibility index (Phi) is 5.91. The van der Waals surface area contributed by atoms with Gasteiger partial charge in [0, 0.05) is 57.4 Å². The summed E-state index contributed by atoms with van der Waals surface area (Å²) >= 11 is 0. The minimum atomic E-state index is 0.0691. The molecule has 3 unspecified atom stereocenters. The van der Waals surface area contributed by atoms with Crippen LogP contribution in [-0.2, 0) is 4.74 Å². The molecule has 1 saturated carbocycles. The fourth-order valence-electron chi connectivity index (χ4n) is 4.15. The van der Waals surface area contributed by atoms with E-state index in [2.05, 4.69) is 53.1 Å². The average Bonchev–Trinajstić information content (AvgIpc) is 3.30. The zero-order chi connectivity index (χ0) is 18.0. The number of hydrogen-bond donors (Lipinski definition) is 2. The first-order valence-electron chi connectivity index (χ1n) is 9.99. The molecule has 0 aromatic rings. The Balaban J connectivity index is 1.46. The van der Waals surface area contributed by atoms with E-state index in [1.54, 1.807) is 0 Å². The first kappa shape index (κ1) is 18.9. The summed E-state index contributed by atoms with van der Waals surface area (Å²) in [5.74, 6) is 0.935. The fourth-order valence-corrected chi connectivity index (χ4v) is 4.15. The van der Waals surface area contributed by atoms with Gasteiger partial charge in [-0.1, -0.05) is 0 Å². The van der Waals surface area contributed by atoms with Crippen molar-refractivity contribution in [3.05, 3.63) is 0 Å². The monoisotopic (exact) mass is 351 g/mol. The van der Waals surface area contributed by atoms with Crippen LogP contribution >= 0.6 is 0 Å². The van der Waals surface area contributed by atoms with Crippen LogP contribution in [0.15, 0.2) is 4.99 Å². The molecule has 144 valence electrons. The third-order valence-electron chi connectivity index (χ3n) is 5.81. The quantitative estimate of drug-likeness (QED) is 0.577. The third-order valence-corrected chi connectivity index (χ3v) is 5.81. The number of rotatable bonds is 5. The standard InChI is InChI=1S/C19H37N5O/c1-14-10-24(11-15(2)25-14)19(3,4)13-21-18(20-5)22-16-8-9-23(12-16)17-6-7-17/h14-17H,6-13H2,1-5H3,(H2,20,21,22). The highest BCUT2D eigenvalue weighted by Gasteiger charge is 2.35. The molecule has 0 aromatic carbocycles. The number of guanidine groups is 1. The van der Waals surface area contributed by atoms with Gasteiger partial charge in [-0.3, -0.25) is 14.8 Å². The number of ether oxygens (including phenoxy) is 1. The first-order chi connectivity index (χ1) is 11.9. The van der Waals surface area contributed by atoms with Gasteiger partial charge in [0.05, 0.1) is 12.2 Å². The summed E-state index contributed by atoms with van der Waals surface area (Å²) in [5.41, 5.74) is 0.0691. The van der Waals surface area contributed by atoms with Crippen molar-refractivity contribution >= 4 is 5.96 Å². The lowest BCUT2D eigenvalue weighted by Gasteiger charge is -2.45. The van der Waals surface area contributed by atoms with Crippen LogP contribution in [0.2, 0.25) is 0 Å². The van der Waals surface area contributed by atoms with E-state index < -0.39 is 0 Å². The van der Waals surface area contributed by atoms with Gasteiger partial charge in [-0.2, -0.15) is 0 Å². The largest absolute Gasteiger partial charge is 0.373 e. The van der Waals surface area contributed by atoms with Crippen LogP contribution in [0.3, 0.4) is 0 Å². The van der Waals surface area contributed by atoms with Crippen molar-refractivity contribution < 1.29 is 4.74 Å². The second-order valence-electron chi connectivity index (χ2n) is 8.76. The molecule has 2 heterocycles. The number of hydrogen-bond acceptors (Lipinski definition) is 4. The van der Waals surface area contributed by atoms with Gasteiger partial charge in [0.1, 0.15) is 0 Å². The zero-order valence-corrected chi connectivity index (χ0v) is 16.7. The Labute approximate surface area is 153 Å². The molecule has 0 bridgehead atoms. The van der Waals surface area contributed by atoms with Crippen molar-refractivity contribution in [1.29, 1.82) is 0 Å². The summed E-state index contributed by atoms with van der Waals surface area (Å²) < 4.78 is 5.88. The molecule has 0 radical (unpaired) electrons. The molecule has 3 rings (SSSR count). The number of nitrogens with one attached hydrogen (secondary N) is 2. The smallest absolute Gasteiger partial charge is 0.191 e. The Morgan fingerprint density at radius 1 is 1.12 bits per heavy atom. The Morgan fingerprint density at radius 3 is 2.40 bits per heavy atom. The van der Waals surface area contributed by atoms with Gasteiger partial charge < -0.3 is 15.4 Å². The van der Waals surface area contributed by atoms with Gasteiger partial charge in [-0.15, -0.1) is 0 Å². The molecule has 0 aromatic heterocycles. The molecule has 1 aliphatic carbocycles. The van der Waals surface area contributed by atoms with Crippen molar-refractivity contribution in [2.75, 3.05) is 39.8 Å². The van der Waals surface area contributed by atoms with Crippen molar-refractivity contribution in [2.45, 2.75) is 76.8 Å². The Morgan fingerprint density at radius 2 is 1.80 bits per heavy atom. The third kappa shape index (κ3) is 5.08. The summed E-state index contributed by atoms with van der Waals surface area (Å²) in [4.78, 5) is 9.62. The van der Waals surface area contributed by atoms with Crippen molar-refractivity contribution in [3.63, 3.8) is 0 Å². The maximum absolute atomic E-state index is 5.88. The molecule has 2 aliphatic heterocycles. The average molecular weight is 352 g/mol. The van der Waals surface area contributed by atoms with Gasteiger partial charge in [0.25, 0.3) is 0 Å². The minimum absolute atomic E-state index is 0.0691. The number of aliphatic imine (C=N–C) groups is 1. The Hall–Kier alpha value is -0.850. The highest BCUT2D eigenvalue weighted by atomic mass is 16.5. The SMILES string of the molecule is CN=C(NCC(C)(C)N1CC(C)OC(C)C1)NC1CCN(C2CC2)C1. The van der Waals surface area contributed by atoms with Crippen LogP contribution in [0.5, 0.6) is 0 Å². The number of nitrogens with zero attached hydrogens (tertiary/aromatic N) is 3. The van der Waals surface area contributed by atoms with Crippen LogP contribution in [0, 0.1) is 0 Å². The van der Waals surface area contributed by atoms with Gasteiger partial charge in [-0.05, 0) is 47.0 Å². The lowest BCUT2D eigenvalue weighted by Crippen LogP contribution is -2.59. The summed E-state index contributed by atoms with van der Waals surface area (Å²) in [5, 5.41) is 7.19. The van der Waals surface area contributed by atoms with E-state index in [-0.39, 0.29) is 5.54 Å². The van der Waals surface area contributed by atoms with Crippen LogP contribution in [0.25, 0.3) is 0 Å². The maximum atomic E-state index is 5.88. The van der Waals surface area contributed by atoms with Gasteiger partial charge in [0.2, 0.25) is 0 Å².